The van der Waals surface area contributed by atoms with E-state index >= 15 is 0 Å². The van der Waals surface area contributed by atoms with Crippen molar-refractivity contribution in [2.45, 2.75) is 39.4 Å². The number of aromatic nitrogens is 3. The summed E-state index contributed by atoms with van der Waals surface area (Å²) in [6, 6.07) is 28.0. The molecule has 7 nitrogen and oxygen atoms in total. The molecule has 4 aromatic rings. The minimum Gasteiger partial charge on any atom is -0.462 e. The molecule has 36 heavy (non-hydrogen) atoms. The molecule has 2 unspecified atom stereocenters. The number of esters is 1. The van der Waals surface area contributed by atoms with Crippen LogP contribution >= 0.6 is 0 Å². The predicted molar refractivity (Wildman–Crippen MR) is 135 cm³/mol. The Kier molecular flexibility index (Phi) is 11.6. The monoisotopic (exact) mass is 665 g/mol. The molecule has 0 spiro atoms. The fourth-order valence-electron chi connectivity index (χ4n) is 3.46. The zero-order valence-electron chi connectivity index (χ0n) is 20.5. The van der Waals surface area contributed by atoms with Crippen LogP contribution in [-0.2, 0) is 24.8 Å². The summed E-state index contributed by atoms with van der Waals surface area (Å²) in [6.45, 7) is 5.45. The van der Waals surface area contributed by atoms with Gasteiger partial charge in [-0.3, -0.25) is 0 Å². The Morgan fingerprint density at radius 2 is 1.53 bits per heavy atom. The van der Waals surface area contributed by atoms with Crippen molar-refractivity contribution in [1.29, 1.82) is 0 Å². The average Bonchev–Trinajstić information content (AvgIpc) is 3.30. The van der Waals surface area contributed by atoms with Crippen molar-refractivity contribution in [2.75, 3.05) is 6.61 Å². The number of aliphatic hydroxyl groups excluding tert-OH is 2. The molecule has 0 amide bonds. The second kappa shape index (κ2) is 14.4. The first-order valence-electron chi connectivity index (χ1n) is 11.5. The SMILES string of the molecule is CC(O)CC(C)O.CCOC(=O)c1ccc(-n2c(-c3[c-]cccc3)nnc2-c2ccccc2)cc1.[Ir]. The molecule has 4 rings (SSSR count). The molecular formula is C28H30IrN3O4-. The average molecular weight is 665 g/mol. The molecule has 0 bridgehead atoms. The molecule has 0 aliphatic carbocycles. The van der Waals surface area contributed by atoms with Crippen LogP contribution in [0.5, 0.6) is 0 Å². The summed E-state index contributed by atoms with van der Waals surface area (Å²) in [6.07, 6.45) is -0.278. The Labute approximate surface area is 225 Å². The maximum Gasteiger partial charge on any atom is 0.338 e. The topological polar surface area (TPSA) is 97.5 Å². The van der Waals surface area contributed by atoms with Crippen LogP contribution < -0.4 is 0 Å². The molecule has 0 saturated carbocycles. The molecule has 2 atom stereocenters. The molecule has 0 aliphatic rings. The number of rotatable bonds is 7. The molecular weight excluding hydrogens is 635 g/mol. The largest absolute Gasteiger partial charge is 0.462 e. The van der Waals surface area contributed by atoms with Gasteiger partial charge in [-0.15, -0.1) is 41.0 Å². The number of ether oxygens (including phenoxy) is 1. The normalized spacial score (nSPS) is 11.9. The first-order chi connectivity index (χ1) is 16.9. The maximum atomic E-state index is 12.0. The van der Waals surface area contributed by atoms with E-state index in [1.807, 2.05) is 71.3 Å². The van der Waals surface area contributed by atoms with Crippen LogP contribution in [0.25, 0.3) is 28.5 Å². The van der Waals surface area contributed by atoms with E-state index in [2.05, 4.69) is 16.3 Å². The zero-order chi connectivity index (χ0) is 25.2. The third kappa shape index (κ3) is 7.93. The van der Waals surface area contributed by atoms with Gasteiger partial charge in [-0.25, -0.2) is 4.79 Å². The van der Waals surface area contributed by atoms with Gasteiger partial charge in [0, 0.05) is 31.4 Å². The van der Waals surface area contributed by atoms with Crippen LogP contribution in [0.15, 0.2) is 78.9 Å². The third-order valence-corrected chi connectivity index (χ3v) is 4.96. The van der Waals surface area contributed by atoms with Gasteiger partial charge >= 0.3 is 5.97 Å². The molecule has 1 radical (unpaired) electrons. The predicted octanol–water partition coefficient (Wildman–Crippen LogP) is 4.71. The summed E-state index contributed by atoms with van der Waals surface area (Å²) in [5, 5.41) is 26.0. The van der Waals surface area contributed by atoms with Gasteiger partial charge < -0.3 is 19.5 Å². The Bertz CT molecular complexity index is 1130. The number of hydrogen-bond donors (Lipinski definition) is 2. The Hall–Kier alpha value is -3.16. The van der Waals surface area contributed by atoms with Crippen LogP contribution in [-0.4, -0.2) is 49.8 Å². The third-order valence-electron chi connectivity index (χ3n) is 4.96. The molecule has 3 aromatic carbocycles. The minimum absolute atomic E-state index is 0. The summed E-state index contributed by atoms with van der Waals surface area (Å²) >= 11 is 0. The number of hydrogen-bond acceptors (Lipinski definition) is 6. The summed E-state index contributed by atoms with van der Waals surface area (Å²) in [4.78, 5) is 12.0. The van der Waals surface area contributed by atoms with E-state index in [9.17, 15) is 4.79 Å². The van der Waals surface area contributed by atoms with Gasteiger partial charge in [-0.05, 0) is 51.5 Å². The van der Waals surface area contributed by atoms with Crippen LogP contribution in [0.1, 0.15) is 37.6 Å². The number of carbonyl (C=O) groups is 1. The van der Waals surface area contributed by atoms with E-state index in [0.717, 1.165) is 22.6 Å². The van der Waals surface area contributed by atoms with E-state index in [1.54, 1.807) is 32.9 Å². The summed E-state index contributed by atoms with van der Waals surface area (Å²) in [5.74, 6) is 1.07. The van der Waals surface area contributed by atoms with Gasteiger partial charge in [-0.1, -0.05) is 30.3 Å². The zero-order valence-corrected chi connectivity index (χ0v) is 22.9. The van der Waals surface area contributed by atoms with Gasteiger partial charge in [-0.2, -0.15) is 5.10 Å². The van der Waals surface area contributed by atoms with E-state index in [-0.39, 0.29) is 38.3 Å². The fraction of sp³-hybridized carbons (Fsp3) is 0.250. The Morgan fingerprint density at radius 3 is 2.06 bits per heavy atom. The van der Waals surface area contributed by atoms with E-state index in [0.29, 0.717) is 24.4 Å². The van der Waals surface area contributed by atoms with Gasteiger partial charge in [0.05, 0.1) is 30.2 Å². The second-order valence-corrected chi connectivity index (χ2v) is 8.03. The molecule has 0 fully saturated rings. The van der Waals surface area contributed by atoms with E-state index in [1.165, 1.54) is 0 Å². The standard InChI is InChI=1S/C23H18N3O2.C5H12O2.Ir/c1-2-28-23(27)19-13-15-20(16-14-19)26-21(17-9-5-3-6-10-17)24-25-22(26)18-11-7-4-8-12-18;1-4(6)3-5(2)7;/h3-11,13-16H,2H2,1H3;4-7H,3H2,1-2H3;/q-1;;. The van der Waals surface area contributed by atoms with Gasteiger partial charge in [0.15, 0.2) is 5.82 Å². The van der Waals surface area contributed by atoms with Crippen LogP contribution in [0, 0.1) is 6.07 Å². The minimum atomic E-state index is -0.375. The van der Waals surface area contributed by atoms with Crippen molar-refractivity contribution in [3.05, 3.63) is 90.5 Å². The first-order valence-corrected chi connectivity index (χ1v) is 11.5. The number of aliphatic hydroxyl groups is 2. The fourth-order valence-corrected chi connectivity index (χ4v) is 3.46. The van der Waals surface area contributed by atoms with Crippen molar-refractivity contribution in [1.82, 2.24) is 14.8 Å². The van der Waals surface area contributed by atoms with Crippen LogP contribution in [0.4, 0.5) is 0 Å². The molecule has 2 N–H and O–H groups in total. The second-order valence-electron chi connectivity index (χ2n) is 8.03. The maximum absolute atomic E-state index is 12.0. The molecule has 8 heteroatoms. The Balaban J connectivity index is 0.000000503. The number of carbonyl (C=O) groups excluding carboxylic acids is 1. The van der Waals surface area contributed by atoms with Crippen LogP contribution in [0.2, 0.25) is 0 Å². The quantitative estimate of drug-likeness (QED) is 0.220. The van der Waals surface area contributed by atoms with Gasteiger partial charge in [0.1, 0.15) is 0 Å². The number of benzene rings is 3. The van der Waals surface area contributed by atoms with Gasteiger partial charge in [0.2, 0.25) is 0 Å². The first kappa shape index (κ1) is 29.1. The van der Waals surface area contributed by atoms with E-state index in [4.69, 9.17) is 14.9 Å². The summed E-state index contributed by atoms with van der Waals surface area (Å²) in [7, 11) is 0. The smallest absolute Gasteiger partial charge is 0.338 e. The summed E-state index contributed by atoms with van der Waals surface area (Å²) in [5.41, 5.74) is 3.15. The number of nitrogens with zero attached hydrogens (tertiary/aromatic N) is 3. The van der Waals surface area contributed by atoms with Crippen molar-refractivity contribution in [3.8, 4) is 28.5 Å². The molecule has 1 heterocycles. The van der Waals surface area contributed by atoms with Crippen molar-refractivity contribution in [2.24, 2.45) is 0 Å². The van der Waals surface area contributed by atoms with E-state index < -0.39 is 0 Å². The van der Waals surface area contributed by atoms with Crippen molar-refractivity contribution >= 4 is 5.97 Å². The van der Waals surface area contributed by atoms with Crippen LogP contribution in [0.3, 0.4) is 0 Å². The van der Waals surface area contributed by atoms with Crippen molar-refractivity contribution < 1.29 is 39.8 Å². The molecule has 191 valence electrons. The molecule has 0 aliphatic heterocycles. The molecule has 1 aromatic heterocycles. The Morgan fingerprint density at radius 1 is 0.917 bits per heavy atom. The van der Waals surface area contributed by atoms with Gasteiger partial charge in [0.25, 0.3) is 0 Å². The summed E-state index contributed by atoms with van der Waals surface area (Å²) < 4.78 is 7.04. The molecule has 0 saturated heterocycles. The van der Waals surface area contributed by atoms with Crippen molar-refractivity contribution in [3.63, 3.8) is 0 Å².